The van der Waals surface area contributed by atoms with Crippen molar-refractivity contribution in [3.8, 4) is 0 Å². The van der Waals surface area contributed by atoms with Crippen LogP contribution in [0.1, 0.15) is 19.3 Å². The summed E-state index contributed by atoms with van der Waals surface area (Å²) in [6, 6.07) is 5.34. The number of aromatic nitrogens is 2. The standard InChI is InChI=1S/C15H17N3O2/c19-14(17-8-1-2-9-17)6-11-18-10-5-13-12(15(18)20)4-3-7-16-13/h3-5,7,10H,1-2,6,8-9,11H2. The molecule has 1 fully saturated rings. The minimum Gasteiger partial charge on any atom is -0.343 e. The third-order valence-corrected chi connectivity index (χ3v) is 3.77. The Hall–Kier alpha value is -2.17. The van der Waals surface area contributed by atoms with Gasteiger partial charge in [0.2, 0.25) is 5.91 Å². The van der Waals surface area contributed by atoms with Crippen molar-refractivity contribution in [2.75, 3.05) is 13.1 Å². The molecular weight excluding hydrogens is 254 g/mol. The Kier molecular flexibility index (Phi) is 3.50. The fourth-order valence-electron chi connectivity index (χ4n) is 2.63. The van der Waals surface area contributed by atoms with Crippen molar-refractivity contribution in [3.63, 3.8) is 0 Å². The highest BCUT2D eigenvalue weighted by molar-refractivity contribution is 5.77. The van der Waals surface area contributed by atoms with Gasteiger partial charge in [-0.2, -0.15) is 0 Å². The molecule has 1 aliphatic rings. The van der Waals surface area contributed by atoms with E-state index in [1.54, 1.807) is 29.1 Å². The smallest absolute Gasteiger partial charge is 0.260 e. The minimum atomic E-state index is -0.0789. The van der Waals surface area contributed by atoms with Crippen LogP contribution in [0, 0.1) is 0 Å². The van der Waals surface area contributed by atoms with Gasteiger partial charge in [-0.25, -0.2) is 0 Å². The lowest BCUT2D eigenvalue weighted by atomic mass is 10.2. The zero-order chi connectivity index (χ0) is 13.9. The maximum absolute atomic E-state index is 12.3. The number of pyridine rings is 2. The number of amides is 1. The van der Waals surface area contributed by atoms with Crippen molar-refractivity contribution in [3.05, 3.63) is 40.9 Å². The Balaban J connectivity index is 1.76. The fraction of sp³-hybridized carbons (Fsp3) is 0.400. The summed E-state index contributed by atoms with van der Waals surface area (Å²) in [4.78, 5) is 30.3. The first-order valence-electron chi connectivity index (χ1n) is 6.98. The predicted molar refractivity (Wildman–Crippen MR) is 76.4 cm³/mol. The molecule has 0 unspecified atom stereocenters. The molecule has 1 saturated heterocycles. The normalized spacial score (nSPS) is 14.9. The summed E-state index contributed by atoms with van der Waals surface area (Å²) in [6.07, 6.45) is 5.95. The topological polar surface area (TPSA) is 55.2 Å². The van der Waals surface area contributed by atoms with Gasteiger partial charge < -0.3 is 9.47 Å². The highest BCUT2D eigenvalue weighted by Gasteiger charge is 2.17. The second-order valence-electron chi connectivity index (χ2n) is 5.09. The van der Waals surface area contributed by atoms with Crippen LogP contribution in [-0.4, -0.2) is 33.4 Å². The van der Waals surface area contributed by atoms with Gasteiger partial charge in [-0.1, -0.05) is 0 Å². The molecule has 3 rings (SSSR count). The van der Waals surface area contributed by atoms with E-state index in [0.717, 1.165) is 25.9 Å². The van der Waals surface area contributed by atoms with Crippen LogP contribution in [0.5, 0.6) is 0 Å². The van der Waals surface area contributed by atoms with E-state index < -0.39 is 0 Å². The summed E-state index contributed by atoms with van der Waals surface area (Å²) in [5.74, 6) is 0.140. The molecule has 2 aromatic heterocycles. The Morgan fingerprint density at radius 1 is 1.25 bits per heavy atom. The van der Waals surface area contributed by atoms with Gasteiger partial charge in [-0.3, -0.25) is 14.6 Å². The number of carbonyl (C=O) groups is 1. The first-order valence-corrected chi connectivity index (χ1v) is 6.98. The van der Waals surface area contributed by atoms with Crippen LogP contribution < -0.4 is 5.56 Å². The van der Waals surface area contributed by atoms with Crippen molar-refractivity contribution in [1.82, 2.24) is 14.5 Å². The summed E-state index contributed by atoms with van der Waals surface area (Å²) in [7, 11) is 0. The van der Waals surface area contributed by atoms with Crippen molar-refractivity contribution in [2.24, 2.45) is 0 Å². The van der Waals surface area contributed by atoms with Gasteiger partial charge in [-0.15, -0.1) is 0 Å². The molecule has 2 aromatic rings. The van der Waals surface area contributed by atoms with Crippen molar-refractivity contribution < 1.29 is 4.79 Å². The van der Waals surface area contributed by atoms with E-state index in [1.807, 2.05) is 11.0 Å². The van der Waals surface area contributed by atoms with E-state index in [4.69, 9.17) is 0 Å². The summed E-state index contributed by atoms with van der Waals surface area (Å²) >= 11 is 0. The molecule has 0 saturated carbocycles. The SMILES string of the molecule is O=C(CCn1ccc2ncccc2c1=O)N1CCCC1. The molecule has 1 aliphatic heterocycles. The molecule has 0 N–H and O–H groups in total. The molecule has 5 nitrogen and oxygen atoms in total. The molecule has 0 radical (unpaired) electrons. The van der Waals surface area contributed by atoms with E-state index in [2.05, 4.69) is 4.98 Å². The molecule has 0 atom stereocenters. The zero-order valence-corrected chi connectivity index (χ0v) is 11.3. The molecule has 0 aromatic carbocycles. The first kappa shape index (κ1) is 12.8. The average molecular weight is 271 g/mol. The second kappa shape index (κ2) is 5.45. The van der Waals surface area contributed by atoms with Crippen LogP contribution in [0.4, 0.5) is 0 Å². The van der Waals surface area contributed by atoms with Gasteiger partial charge in [-0.05, 0) is 31.0 Å². The second-order valence-corrected chi connectivity index (χ2v) is 5.09. The van der Waals surface area contributed by atoms with Gasteiger partial charge >= 0.3 is 0 Å². The van der Waals surface area contributed by atoms with Crippen LogP contribution in [-0.2, 0) is 11.3 Å². The molecule has 0 aliphatic carbocycles. The van der Waals surface area contributed by atoms with E-state index >= 15 is 0 Å². The molecule has 20 heavy (non-hydrogen) atoms. The Labute approximate surface area is 116 Å². The quantitative estimate of drug-likeness (QED) is 0.848. The van der Waals surface area contributed by atoms with Gasteiger partial charge in [0.1, 0.15) is 0 Å². The highest BCUT2D eigenvalue weighted by Crippen LogP contribution is 2.10. The molecule has 3 heterocycles. The molecule has 1 amide bonds. The third-order valence-electron chi connectivity index (χ3n) is 3.77. The van der Waals surface area contributed by atoms with E-state index in [0.29, 0.717) is 23.9 Å². The maximum Gasteiger partial charge on any atom is 0.260 e. The number of carbonyl (C=O) groups excluding carboxylic acids is 1. The van der Waals surface area contributed by atoms with Crippen LogP contribution in [0.2, 0.25) is 0 Å². The number of hydrogen-bond donors (Lipinski definition) is 0. The van der Waals surface area contributed by atoms with Gasteiger partial charge in [0.05, 0.1) is 10.9 Å². The lowest BCUT2D eigenvalue weighted by Crippen LogP contribution is -2.30. The van der Waals surface area contributed by atoms with E-state index in [-0.39, 0.29) is 11.5 Å². The van der Waals surface area contributed by atoms with Crippen LogP contribution in [0.3, 0.4) is 0 Å². The molecule has 5 heteroatoms. The first-order chi connectivity index (χ1) is 9.75. The number of likely N-dealkylation sites (tertiary alicyclic amines) is 1. The summed E-state index contributed by atoms with van der Waals surface area (Å²) in [5, 5.41) is 0.601. The summed E-state index contributed by atoms with van der Waals surface area (Å²) < 4.78 is 1.60. The Morgan fingerprint density at radius 3 is 2.85 bits per heavy atom. The van der Waals surface area contributed by atoms with Crippen molar-refractivity contribution in [2.45, 2.75) is 25.8 Å². The number of rotatable bonds is 3. The van der Waals surface area contributed by atoms with Gasteiger partial charge in [0.25, 0.3) is 5.56 Å². The van der Waals surface area contributed by atoms with E-state index in [9.17, 15) is 9.59 Å². The summed E-state index contributed by atoms with van der Waals surface area (Å²) in [6.45, 7) is 2.14. The lowest BCUT2D eigenvalue weighted by Gasteiger charge is -2.15. The number of hydrogen-bond acceptors (Lipinski definition) is 3. The Bertz CT molecular complexity index is 687. The van der Waals surface area contributed by atoms with Crippen LogP contribution >= 0.6 is 0 Å². The fourth-order valence-corrected chi connectivity index (χ4v) is 2.63. The van der Waals surface area contributed by atoms with Crippen molar-refractivity contribution >= 4 is 16.8 Å². The number of aryl methyl sites for hydroxylation is 1. The Morgan fingerprint density at radius 2 is 2.05 bits per heavy atom. The maximum atomic E-state index is 12.3. The summed E-state index contributed by atoms with van der Waals surface area (Å²) in [5.41, 5.74) is 0.615. The lowest BCUT2D eigenvalue weighted by molar-refractivity contribution is -0.130. The van der Waals surface area contributed by atoms with E-state index in [1.165, 1.54) is 0 Å². The largest absolute Gasteiger partial charge is 0.343 e. The minimum absolute atomic E-state index is 0.0789. The molecule has 0 bridgehead atoms. The monoisotopic (exact) mass is 271 g/mol. The average Bonchev–Trinajstić information content (AvgIpc) is 3.01. The molecular formula is C15H17N3O2. The van der Waals surface area contributed by atoms with Gasteiger partial charge in [0.15, 0.2) is 0 Å². The van der Waals surface area contributed by atoms with Gasteiger partial charge in [0, 0.05) is 38.4 Å². The van der Waals surface area contributed by atoms with Crippen LogP contribution in [0.25, 0.3) is 10.9 Å². The molecule has 104 valence electrons. The highest BCUT2D eigenvalue weighted by atomic mass is 16.2. The van der Waals surface area contributed by atoms with Crippen LogP contribution in [0.15, 0.2) is 35.4 Å². The molecule has 0 spiro atoms. The predicted octanol–water partition coefficient (Wildman–Crippen LogP) is 1.41. The third kappa shape index (κ3) is 2.43. The number of nitrogens with zero attached hydrogens (tertiary/aromatic N) is 3. The number of fused-ring (bicyclic) bond motifs is 1. The van der Waals surface area contributed by atoms with Crippen molar-refractivity contribution in [1.29, 1.82) is 0 Å². The zero-order valence-electron chi connectivity index (χ0n) is 11.3.